The highest BCUT2D eigenvalue weighted by Gasteiger charge is 2.29. The van der Waals surface area contributed by atoms with Crippen LogP contribution in [0.2, 0.25) is 0 Å². The first-order valence-electron chi connectivity index (χ1n) is 10.9. The Morgan fingerprint density at radius 1 is 1.24 bits per heavy atom. The number of hydrogen-bond donors (Lipinski definition) is 6. The van der Waals surface area contributed by atoms with Crippen molar-refractivity contribution in [1.29, 1.82) is 0 Å². The predicted molar refractivity (Wildman–Crippen MR) is 130 cm³/mol. The lowest BCUT2D eigenvalue weighted by Crippen LogP contribution is -2.54. The van der Waals surface area contributed by atoms with Gasteiger partial charge < -0.3 is 26.4 Å². The third-order valence-corrected chi connectivity index (χ3v) is 4.69. The number of carbonyl (C=O) groups is 2. The van der Waals surface area contributed by atoms with E-state index < -0.39 is 35.9 Å². The van der Waals surface area contributed by atoms with Crippen LogP contribution in [0.25, 0.3) is 6.08 Å². The van der Waals surface area contributed by atoms with Crippen LogP contribution in [0.1, 0.15) is 44.2 Å². The summed E-state index contributed by atoms with van der Waals surface area (Å²) in [6.07, 6.45) is 3.65. The van der Waals surface area contributed by atoms with Crippen LogP contribution in [0.3, 0.4) is 0 Å². The second kappa shape index (κ2) is 14.7. The normalized spacial score (nSPS) is 13.4. The van der Waals surface area contributed by atoms with Crippen LogP contribution >= 0.6 is 0 Å². The molecule has 0 fully saturated rings. The first-order valence-corrected chi connectivity index (χ1v) is 10.9. The van der Waals surface area contributed by atoms with Crippen molar-refractivity contribution in [2.24, 2.45) is 16.6 Å². The van der Waals surface area contributed by atoms with E-state index in [-0.39, 0.29) is 31.3 Å². The molecule has 186 valence electrons. The van der Waals surface area contributed by atoms with E-state index in [9.17, 15) is 29.8 Å². The Kier molecular flexibility index (Phi) is 12.3. The molecule has 0 unspecified atom stereocenters. The molecule has 0 saturated carbocycles. The number of aryl methyl sites for hydroxylation is 1. The number of nitrogens with zero attached hydrogens (tertiary/aromatic N) is 2. The summed E-state index contributed by atoms with van der Waals surface area (Å²) in [6.45, 7) is 5.77. The molecule has 2 amide bonds. The Morgan fingerprint density at radius 2 is 1.88 bits per heavy atom. The molecule has 0 bridgehead atoms. The Bertz CT molecular complexity index is 875. The average Bonchev–Trinajstić information content (AvgIpc) is 2.74. The zero-order valence-corrected chi connectivity index (χ0v) is 19.6. The van der Waals surface area contributed by atoms with Crippen LogP contribution in [0.5, 0.6) is 0 Å². The lowest BCUT2D eigenvalue weighted by molar-refractivity contribution is -0.525. The molecule has 0 aliphatic carbocycles. The maximum atomic E-state index is 12.8. The lowest BCUT2D eigenvalue weighted by Gasteiger charge is -2.23. The van der Waals surface area contributed by atoms with Crippen molar-refractivity contribution in [3.8, 4) is 0 Å². The highest BCUT2D eigenvalue weighted by atomic mass is 16.7. The molecule has 1 rings (SSSR count). The standard InChI is InChI=1S/C21H33BN6O6/c1-14(2)13-18(22(31)32)26-20(30)17(5-4-12-24-21(23)27-28(33)34)25-19(29)11-10-16-8-6-15(3)7-9-16/h6-11,14,17-18,31-32H,4-5,12-13H2,1-3H3,(H,25,29)(H,26,30)(H3,23,24,27)/t17-,18-/m0/s1. The van der Waals surface area contributed by atoms with Gasteiger partial charge in [0.25, 0.3) is 5.96 Å². The van der Waals surface area contributed by atoms with Crippen molar-refractivity contribution < 1.29 is 24.7 Å². The van der Waals surface area contributed by atoms with Gasteiger partial charge in [-0.25, -0.2) is 15.1 Å². The quantitative estimate of drug-likeness (QED) is 0.0433. The molecule has 13 heteroatoms. The minimum absolute atomic E-state index is 0.0730. The SMILES string of the molecule is Cc1ccc(C=CC(=O)N[C@@H](CCCN=C(N)N[N+](=O)[O-])C(=O)N[C@@H](CC(C)C)B(O)O)cc1. The summed E-state index contributed by atoms with van der Waals surface area (Å²) in [6, 6.07) is 6.52. The molecule has 1 aromatic carbocycles. The Morgan fingerprint density at radius 3 is 2.44 bits per heavy atom. The zero-order valence-electron chi connectivity index (χ0n) is 19.6. The number of hydrogen-bond acceptors (Lipinski definition) is 7. The smallest absolute Gasteiger partial charge is 0.426 e. The molecule has 7 N–H and O–H groups in total. The van der Waals surface area contributed by atoms with E-state index in [1.807, 2.05) is 45.0 Å². The second-order valence-electron chi connectivity index (χ2n) is 8.24. The fourth-order valence-corrected chi connectivity index (χ4v) is 3.01. The van der Waals surface area contributed by atoms with E-state index in [0.29, 0.717) is 6.42 Å². The number of hydrazine groups is 1. The van der Waals surface area contributed by atoms with Crippen molar-refractivity contribution >= 4 is 31.0 Å². The van der Waals surface area contributed by atoms with Crippen LogP contribution in [0.4, 0.5) is 0 Å². The van der Waals surface area contributed by atoms with Gasteiger partial charge in [0.05, 0.1) is 5.94 Å². The van der Waals surface area contributed by atoms with E-state index in [1.54, 1.807) is 11.5 Å². The number of guanidine groups is 1. The van der Waals surface area contributed by atoms with Gasteiger partial charge in [-0.1, -0.05) is 49.1 Å². The van der Waals surface area contributed by atoms with E-state index in [0.717, 1.165) is 11.1 Å². The summed E-state index contributed by atoms with van der Waals surface area (Å²) in [5.74, 6) is -2.30. The van der Waals surface area contributed by atoms with E-state index in [4.69, 9.17) is 5.73 Å². The molecule has 0 saturated heterocycles. The number of rotatable bonds is 13. The molecular weight excluding hydrogens is 443 g/mol. The summed E-state index contributed by atoms with van der Waals surface area (Å²) >= 11 is 0. The first kappa shape index (κ1) is 28.6. The minimum atomic E-state index is -1.76. The number of nitro groups is 1. The van der Waals surface area contributed by atoms with E-state index >= 15 is 0 Å². The largest absolute Gasteiger partial charge is 0.475 e. The van der Waals surface area contributed by atoms with Crippen LogP contribution in [0.15, 0.2) is 35.3 Å². The number of nitrogens with two attached hydrogens (primary N) is 1. The summed E-state index contributed by atoms with van der Waals surface area (Å²) < 4.78 is 0. The molecular formula is C21H33BN6O6. The summed E-state index contributed by atoms with van der Waals surface area (Å²) in [4.78, 5) is 39.4. The van der Waals surface area contributed by atoms with Crippen LogP contribution < -0.4 is 21.8 Å². The fraction of sp³-hybridized carbons (Fsp3) is 0.476. The molecule has 2 atom stereocenters. The minimum Gasteiger partial charge on any atom is -0.426 e. The number of nitrogens with one attached hydrogen (secondary N) is 3. The van der Waals surface area contributed by atoms with Gasteiger partial charge in [0.15, 0.2) is 5.03 Å². The van der Waals surface area contributed by atoms with Crippen molar-refractivity contribution in [2.45, 2.75) is 52.0 Å². The topological polar surface area (TPSA) is 192 Å². The van der Waals surface area contributed by atoms with Crippen molar-refractivity contribution in [2.75, 3.05) is 6.54 Å². The second-order valence-corrected chi connectivity index (χ2v) is 8.24. The molecule has 0 spiro atoms. The molecule has 34 heavy (non-hydrogen) atoms. The third kappa shape index (κ3) is 12.0. The summed E-state index contributed by atoms with van der Waals surface area (Å²) in [5.41, 5.74) is 8.97. The van der Waals surface area contributed by atoms with Gasteiger partial charge in [-0.15, -0.1) is 0 Å². The number of carbonyl (C=O) groups excluding carboxylic acids is 2. The maximum absolute atomic E-state index is 12.8. The van der Waals surface area contributed by atoms with E-state index in [1.165, 1.54) is 6.08 Å². The van der Waals surface area contributed by atoms with Gasteiger partial charge >= 0.3 is 7.12 Å². The molecule has 0 aliphatic rings. The Hall–Kier alpha value is -3.45. The van der Waals surface area contributed by atoms with Gasteiger partial charge in [0.1, 0.15) is 6.04 Å². The number of benzene rings is 1. The van der Waals surface area contributed by atoms with E-state index in [2.05, 4.69) is 15.6 Å². The van der Waals surface area contributed by atoms with Gasteiger partial charge in [0.2, 0.25) is 11.8 Å². The molecule has 0 radical (unpaired) electrons. The van der Waals surface area contributed by atoms with Crippen molar-refractivity contribution in [1.82, 2.24) is 16.1 Å². The maximum Gasteiger partial charge on any atom is 0.475 e. The van der Waals surface area contributed by atoms with Crippen LogP contribution in [-0.2, 0) is 9.59 Å². The van der Waals surface area contributed by atoms with Crippen molar-refractivity contribution in [3.05, 3.63) is 51.6 Å². The molecule has 0 heterocycles. The molecule has 0 aromatic heterocycles. The fourth-order valence-electron chi connectivity index (χ4n) is 3.01. The van der Waals surface area contributed by atoms with Crippen molar-refractivity contribution in [3.63, 3.8) is 0 Å². The van der Waals surface area contributed by atoms with Crippen LogP contribution in [0, 0.1) is 23.0 Å². The summed E-state index contributed by atoms with van der Waals surface area (Å²) in [5, 5.41) is 33.9. The van der Waals surface area contributed by atoms with Gasteiger partial charge in [0, 0.05) is 12.6 Å². The highest BCUT2D eigenvalue weighted by Crippen LogP contribution is 2.08. The predicted octanol–water partition coefficient (Wildman–Crippen LogP) is -0.0879. The Balaban J connectivity index is 2.85. The number of aliphatic imine (C=N–C) groups is 1. The number of amides is 2. The summed E-state index contributed by atoms with van der Waals surface area (Å²) in [7, 11) is -1.76. The van der Waals surface area contributed by atoms with Crippen LogP contribution in [-0.4, -0.2) is 58.5 Å². The molecule has 12 nitrogen and oxygen atoms in total. The monoisotopic (exact) mass is 476 g/mol. The average molecular weight is 476 g/mol. The third-order valence-electron chi connectivity index (χ3n) is 4.69. The molecule has 0 aliphatic heterocycles. The first-order chi connectivity index (χ1) is 16.0. The highest BCUT2D eigenvalue weighted by molar-refractivity contribution is 6.43. The van der Waals surface area contributed by atoms with Gasteiger partial charge in [-0.05, 0) is 43.7 Å². The Labute approximate surface area is 199 Å². The van der Waals surface area contributed by atoms with Gasteiger partial charge in [-0.2, -0.15) is 0 Å². The molecule has 1 aromatic rings. The van der Waals surface area contributed by atoms with Gasteiger partial charge in [-0.3, -0.25) is 9.59 Å². The lowest BCUT2D eigenvalue weighted by atomic mass is 9.75. The zero-order chi connectivity index (χ0) is 25.7.